The highest BCUT2D eigenvalue weighted by Crippen LogP contribution is 2.26. The van der Waals surface area contributed by atoms with Gasteiger partial charge in [0.15, 0.2) is 11.6 Å². The molecule has 1 aromatic rings. The van der Waals surface area contributed by atoms with Crippen molar-refractivity contribution in [1.29, 1.82) is 0 Å². The maximum Gasteiger partial charge on any atom is 0.251 e. The van der Waals surface area contributed by atoms with Crippen molar-refractivity contribution in [2.45, 2.75) is 31.7 Å². The van der Waals surface area contributed by atoms with Crippen molar-refractivity contribution in [3.05, 3.63) is 29.6 Å². The standard InChI is InChI=1S/C15H19BrFNO2/c1-20-14-7-6-10(8-12(14)17)15(19)18-13-5-3-2-4-11(13)9-16/h6-8,11,13H,2-5,9H2,1H3,(H,18,19). The average molecular weight is 344 g/mol. The van der Waals surface area contributed by atoms with Crippen LogP contribution in [0.1, 0.15) is 36.0 Å². The van der Waals surface area contributed by atoms with Gasteiger partial charge in [0.05, 0.1) is 7.11 Å². The summed E-state index contributed by atoms with van der Waals surface area (Å²) in [5.74, 6) is -0.126. The van der Waals surface area contributed by atoms with Crippen LogP contribution in [0.15, 0.2) is 18.2 Å². The average Bonchev–Trinajstić information content (AvgIpc) is 2.47. The first-order chi connectivity index (χ1) is 9.65. The number of nitrogens with one attached hydrogen (secondary N) is 1. The summed E-state index contributed by atoms with van der Waals surface area (Å²) in [4.78, 5) is 12.2. The van der Waals surface area contributed by atoms with Gasteiger partial charge < -0.3 is 10.1 Å². The minimum absolute atomic E-state index is 0.151. The number of methoxy groups -OCH3 is 1. The highest BCUT2D eigenvalue weighted by Gasteiger charge is 2.26. The van der Waals surface area contributed by atoms with E-state index < -0.39 is 5.82 Å². The second kappa shape index (κ2) is 7.07. The third-order valence-electron chi connectivity index (χ3n) is 3.84. The summed E-state index contributed by atoms with van der Waals surface area (Å²) in [7, 11) is 1.40. The highest BCUT2D eigenvalue weighted by molar-refractivity contribution is 9.09. The molecule has 1 fully saturated rings. The maximum atomic E-state index is 13.6. The predicted molar refractivity (Wildman–Crippen MR) is 80.0 cm³/mol. The fourth-order valence-corrected chi connectivity index (χ4v) is 3.42. The predicted octanol–water partition coefficient (Wildman–Crippen LogP) is 3.52. The van der Waals surface area contributed by atoms with Gasteiger partial charge in [-0.15, -0.1) is 0 Å². The molecule has 1 amide bonds. The van der Waals surface area contributed by atoms with Crippen LogP contribution in [-0.4, -0.2) is 24.4 Å². The Morgan fingerprint density at radius 2 is 2.20 bits per heavy atom. The van der Waals surface area contributed by atoms with Gasteiger partial charge in [-0.2, -0.15) is 0 Å². The summed E-state index contributed by atoms with van der Waals surface area (Å²) >= 11 is 3.50. The fraction of sp³-hybridized carbons (Fsp3) is 0.533. The van der Waals surface area contributed by atoms with E-state index in [1.807, 2.05) is 0 Å². The van der Waals surface area contributed by atoms with Crippen LogP contribution >= 0.6 is 15.9 Å². The highest BCUT2D eigenvalue weighted by atomic mass is 79.9. The Balaban J connectivity index is 2.05. The number of amides is 1. The molecule has 1 aromatic carbocycles. The Morgan fingerprint density at radius 3 is 2.85 bits per heavy atom. The molecular weight excluding hydrogens is 325 g/mol. The SMILES string of the molecule is COc1ccc(C(=O)NC2CCCCC2CBr)cc1F. The number of hydrogen-bond acceptors (Lipinski definition) is 2. The van der Waals surface area contributed by atoms with Gasteiger partial charge in [-0.25, -0.2) is 4.39 Å². The van der Waals surface area contributed by atoms with Crippen LogP contribution in [0.4, 0.5) is 4.39 Å². The number of ether oxygens (including phenoxy) is 1. The Kier molecular flexibility index (Phi) is 5.40. The summed E-state index contributed by atoms with van der Waals surface area (Å²) in [6, 6.07) is 4.46. The zero-order valence-electron chi connectivity index (χ0n) is 11.5. The van der Waals surface area contributed by atoms with Crippen LogP contribution in [0.3, 0.4) is 0 Å². The van der Waals surface area contributed by atoms with E-state index in [1.54, 1.807) is 6.07 Å². The van der Waals surface area contributed by atoms with E-state index in [1.165, 1.54) is 25.7 Å². The van der Waals surface area contributed by atoms with Gasteiger partial charge in [0.1, 0.15) is 0 Å². The fourth-order valence-electron chi connectivity index (χ4n) is 2.64. The van der Waals surface area contributed by atoms with Crippen LogP contribution in [0.25, 0.3) is 0 Å². The normalized spacial score (nSPS) is 22.4. The summed E-state index contributed by atoms with van der Waals surface area (Å²) in [5, 5.41) is 3.91. The Hall–Kier alpha value is -1.10. The van der Waals surface area contributed by atoms with Crippen LogP contribution in [0.2, 0.25) is 0 Å². The molecule has 5 heteroatoms. The van der Waals surface area contributed by atoms with Crippen molar-refractivity contribution in [3.8, 4) is 5.75 Å². The molecule has 0 aromatic heterocycles. The van der Waals surface area contributed by atoms with Crippen molar-refractivity contribution in [3.63, 3.8) is 0 Å². The lowest BCUT2D eigenvalue weighted by Gasteiger charge is -2.31. The molecule has 20 heavy (non-hydrogen) atoms. The molecule has 1 aliphatic rings. The first-order valence-electron chi connectivity index (χ1n) is 6.86. The zero-order valence-corrected chi connectivity index (χ0v) is 13.1. The molecule has 110 valence electrons. The molecule has 2 atom stereocenters. The molecule has 0 aliphatic heterocycles. The third-order valence-corrected chi connectivity index (χ3v) is 4.67. The van der Waals surface area contributed by atoms with Gasteiger partial charge >= 0.3 is 0 Å². The van der Waals surface area contributed by atoms with Crippen LogP contribution < -0.4 is 10.1 Å². The number of carbonyl (C=O) groups is 1. The van der Waals surface area contributed by atoms with Gasteiger partial charge in [0.2, 0.25) is 0 Å². The van der Waals surface area contributed by atoms with E-state index in [9.17, 15) is 9.18 Å². The second-order valence-electron chi connectivity index (χ2n) is 5.13. The Bertz CT molecular complexity index is 481. The lowest BCUT2D eigenvalue weighted by Crippen LogP contribution is -2.42. The Morgan fingerprint density at radius 1 is 1.45 bits per heavy atom. The molecule has 0 spiro atoms. The molecule has 2 unspecified atom stereocenters. The van der Waals surface area contributed by atoms with Crippen molar-refractivity contribution in [2.24, 2.45) is 5.92 Å². The molecule has 1 N–H and O–H groups in total. The lowest BCUT2D eigenvalue weighted by molar-refractivity contribution is 0.0911. The molecule has 1 saturated carbocycles. The summed E-state index contributed by atoms with van der Waals surface area (Å²) in [6.07, 6.45) is 4.44. The van der Waals surface area contributed by atoms with Gasteiger partial charge in [-0.05, 0) is 37.0 Å². The van der Waals surface area contributed by atoms with Gasteiger partial charge in [-0.1, -0.05) is 28.8 Å². The number of alkyl halides is 1. The zero-order chi connectivity index (χ0) is 14.5. The van der Waals surface area contributed by atoms with Gasteiger partial charge in [0.25, 0.3) is 5.91 Å². The monoisotopic (exact) mass is 343 g/mol. The minimum atomic E-state index is -0.513. The molecule has 2 rings (SSSR count). The molecule has 0 radical (unpaired) electrons. The van der Waals surface area contributed by atoms with Crippen molar-refractivity contribution < 1.29 is 13.9 Å². The van der Waals surface area contributed by atoms with Crippen molar-refractivity contribution in [2.75, 3.05) is 12.4 Å². The summed E-state index contributed by atoms with van der Waals surface area (Å²) in [5.41, 5.74) is 0.335. The third kappa shape index (κ3) is 3.51. The van der Waals surface area contributed by atoms with Crippen LogP contribution in [0.5, 0.6) is 5.75 Å². The summed E-state index contributed by atoms with van der Waals surface area (Å²) < 4.78 is 18.5. The van der Waals surface area contributed by atoms with Crippen molar-refractivity contribution in [1.82, 2.24) is 5.32 Å². The van der Waals surface area contributed by atoms with Crippen LogP contribution in [0, 0.1) is 11.7 Å². The number of benzene rings is 1. The first-order valence-corrected chi connectivity index (χ1v) is 7.98. The quantitative estimate of drug-likeness (QED) is 0.849. The lowest BCUT2D eigenvalue weighted by atomic mass is 9.86. The molecule has 0 heterocycles. The first kappa shape index (κ1) is 15.3. The van der Waals surface area contributed by atoms with E-state index in [4.69, 9.17) is 4.74 Å². The number of carbonyl (C=O) groups excluding carboxylic acids is 1. The topological polar surface area (TPSA) is 38.3 Å². The van der Waals surface area contributed by atoms with Gasteiger partial charge in [-0.3, -0.25) is 4.79 Å². The van der Waals surface area contributed by atoms with Crippen molar-refractivity contribution >= 4 is 21.8 Å². The minimum Gasteiger partial charge on any atom is -0.494 e. The van der Waals surface area contributed by atoms with E-state index >= 15 is 0 Å². The van der Waals surface area contributed by atoms with Gasteiger partial charge in [0, 0.05) is 16.9 Å². The molecule has 0 bridgehead atoms. The van der Waals surface area contributed by atoms with E-state index in [-0.39, 0.29) is 17.7 Å². The Labute approximate surface area is 127 Å². The molecule has 0 saturated heterocycles. The number of halogens is 2. The molecular formula is C15H19BrFNO2. The van der Waals surface area contributed by atoms with Crippen LogP contribution in [-0.2, 0) is 0 Å². The van der Waals surface area contributed by atoms with E-state index in [0.29, 0.717) is 11.5 Å². The number of rotatable bonds is 4. The van der Waals surface area contributed by atoms with E-state index in [2.05, 4.69) is 21.2 Å². The smallest absolute Gasteiger partial charge is 0.251 e. The summed E-state index contributed by atoms with van der Waals surface area (Å²) in [6.45, 7) is 0. The maximum absolute atomic E-state index is 13.6. The number of hydrogen-bond donors (Lipinski definition) is 1. The molecule has 1 aliphatic carbocycles. The van der Waals surface area contributed by atoms with E-state index in [0.717, 1.165) is 24.6 Å². The molecule has 3 nitrogen and oxygen atoms in total. The largest absolute Gasteiger partial charge is 0.494 e. The second-order valence-corrected chi connectivity index (χ2v) is 5.78.